The molecule has 0 aliphatic heterocycles. The first-order valence-corrected chi connectivity index (χ1v) is 7.05. The fourth-order valence-corrected chi connectivity index (χ4v) is 2.35. The molecule has 0 spiro atoms. The highest BCUT2D eigenvalue weighted by atomic mass is 16.5. The zero-order valence-electron chi connectivity index (χ0n) is 12.1. The van der Waals surface area contributed by atoms with Crippen LogP contribution >= 0.6 is 0 Å². The quantitative estimate of drug-likeness (QED) is 0.707. The largest absolute Gasteiger partial charge is 0.359 e. The first-order valence-electron chi connectivity index (χ1n) is 7.05. The van der Waals surface area contributed by atoms with Crippen LogP contribution in [0.15, 0.2) is 71.3 Å². The van der Waals surface area contributed by atoms with Crippen LogP contribution in [-0.4, -0.2) is 17.1 Å². The van der Waals surface area contributed by atoms with Gasteiger partial charge in [-0.2, -0.15) is 0 Å². The van der Waals surface area contributed by atoms with Crippen LogP contribution in [-0.2, 0) is 13.1 Å². The molecule has 0 bridgehead atoms. The molecule has 0 aliphatic carbocycles. The summed E-state index contributed by atoms with van der Waals surface area (Å²) in [7, 11) is 2.08. The van der Waals surface area contributed by atoms with E-state index in [4.69, 9.17) is 4.52 Å². The Bertz CT molecular complexity index is 677. The first-order chi connectivity index (χ1) is 10.3. The molecule has 1 aromatic heterocycles. The van der Waals surface area contributed by atoms with Crippen molar-refractivity contribution in [3.8, 4) is 11.3 Å². The lowest BCUT2D eigenvalue weighted by Gasteiger charge is -2.14. The summed E-state index contributed by atoms with van der Waals surface area (Å²) < 4.78 is 5.44. The van der Waals surface area contributed by atoms with Crippen molar-refractivity contribution in [1.82, 2.24) is 10.1 Å². The second kappa shape index (κ2) is 6.37. The highest BCUT2D eigenvalue weighted by Gasteiger charge is 2.09. The first kappa shape index (κ1) is 13.6. The molecule has 0 saturated heterocycles. The Balaban J connectivity index is 1.65. The highest BCUT2D eigenvalue weighted by molar-refractivity contribution is 5.58. The average Bonchev–Trinajstić information content (AvgIpc) is 2.97. The molecular weight excluding hydrogens is 260 g/mol. The van der Waals surface area contributed by atoms with E-state index in [1.807, 2.05) is 42.5 Å². The summed E-state index contributed by atoms with van der Waals surface area (Å²) in [5, 5.41) is 4.14. The van der Waals surface area contributed by atoms with E-state index < -0.39 is 0 Å². The van der Waals surface area contributed by atoms with Gasteiger partial charge in [0.05, 0.1) is 6.54 Å². The maximum Gasteiger partial charge on any atom is 0.151 e. The zero-order valence-corrected chi connectivity index (χ0v) is 12.1. The molecule has 0 fully saturated rings. The molecule has 3 nitrogen and oxygen atoms in total. The van der Waals surface area contributed by atoms with Crippen LogP contribution in [0, 0.1) is 0 Å². The van der Waals surface area contributed by atoms with Crippen molar-refractivity contribution in [3.05, 3.63) is 78.1 Å². The molecule has 2 aromatic carbocycles. The molecule has 0 radical (unpaired) electrons. The van der Waals surface area contributed by atoms with Gasteiger partial charge in [0, 0.05) is 18.2 Å². The second-order valence-electron chi connectivity index (χ2n) is 5.20. The van der Waals surface area contributed by atoms with Crippen molar-refractivity contribution >= 4 is 0 Å². The lowest BCUT2D eigenvalue weighted by molar-refractivity contribution is 0.267. The van der Waals surface area contributed by atoms with Crippen LogP contribution in [0.3, 0.4) is 0 Å². The Morgan fingerprint density at radius 2 is 1.57 bits per heavy atom. The van der Waals surface area contributed by atoms with Crippen LogP contribution in [0.1, 0.15) is 11.3 Å². The van der Waals surface area contributed by atoms with Crippen LogP contribution in [0.2, 0.25) is 0 Å². The van der Waals surface area contributed by atoms with E-state index in [2.05, 4.69) is 41.4 Å². The standard InChI is InChI=1S/C18H18N2O/c1-20(13-15-8-4-2-5-9-15)14-17-12-18(19-21-17)16-10-6-3-7-11-16/h2-12H,13-14H2,1H3. The topological polar surface area (TPSA) is 29.3 Å². The molecule has 0 amide bonds. The molecule has 0 unspecified atom stereocenters. The fourth-order valence-electron chi connectivity index (χ4n) is 2.35. The molecule has 1 heterocycles. The number of rotatable bonds is 5. The van der Waals surface area contributed by atoms with E-state index in [0.29, 0.717) is 0 Å². The lowest BCUT2D eigenvalue weighted by atomic mass is 10.1. The van der Waals surface area contributed by atoms with Gasteiger partial charge in [-0.05, 0) is 12.6 Å². The molecule has 3 rings (SSSR count). The van der Waals surface area contributed by atoms with E-state index in [1.54, 1.807) is 0 Å². The summed E-state index contributed by atoms with van der Waals surface area (Å²) in [6.45, 7) is 1.64. The summed E-state index contributed by atoms with van der Waals surface area (Å²) in [5.74, 6) is 0.882. The third-order valence-electron chi connectivity index (χ3n) is 3.35. The molecular formula is C18H18N2O. The predicted octanol–water partition coefficient (Wildman–Crippen LogP) is 3.97. The van der Waals surface area contributed by atoms with Gasteiger partial charge in [0.1, 0.15) is 5.69 Å². The van der Waals surface area contributed by atoms with Crippen LogP contribution in [0.5, 0.6) is 0 Å². The monoisotopic (exact) mass is 278 g/mol. The van der Waals surface area contributed by atoms with Gasteiger partial charge >= 0.3 is 0 Å². The maximum absolute atomic E-state index is 5.44. The highest BCUT2D eigenvalue weighted by Crippen LogP contribution is 2.19. The average molecular weight is 278 g/mol. The Kier molecular flexibility index (Phi) is 4.12. The van der Waals surface area contributed by atoms with Crippen molar-refractivity contribution in [1.29, 1.82) is 0 Å². The van der Waals surface area contributed by atoms with Crippen molar-refractivity contribution in [2.24, 2.45) is 0 Å². The second-order valence-corrected chi connectivity index (χ2v) is 5.20. The summed E-state index contributed by atoms with van der Waals surface area (Å²) in [6.07, 6.45) is 0. The summed E-state index contributed by atoms with van der Waals surface area (Å²) in [5.41, 5.74) is 3.26. The van der Waals surface area contributed by atoms with Gasteiger partial charge in [-0.1, -0.05) is 65.8 Å². The normalized spacial score (nSPS) is 11.0. The molecule has 0 atom stereocenters. The van der Waals surface area contributed by atoms with Crippen molar-refractivity contribution in [2.45, 2.75) is 13.1 Å². The molecule has 21 heavy (non-hydrogen) atoms. The van der Waals surface area contributed by atoms with Gasteiger partial charge in [-0.15, -0.1) is 0 Å². The minimum Gasteiger partial charge on any atom is -0.359 e. The summed E-state index contributed by atoms with van der Waals surface area (Å²) in [4.78, 5) is 2.21. The van der Waals surface area contributed by atoms with Gasteiger partial charge in [0.2, 0.25) is 0 Å². The molecule has 0 saturated carbocycles. The van der Waals surface area contributed by atoms with Gasteiger partial charge in [-0.25, -0.2) is 0 Å². The third-order valence-corrected chi connectivity index (χ3v) is 3.35. The maximum atomic E-state index is 5.44. The van der Waals surface area contributed by atoms with E-state index >= 15 is 0 Å². The van der Waals surface area contributed by atoms with Gasteiger partial charge < -0.3 is 4.52 Å². The van der Waals surface area contributed by atoms with E-state index in [0.717, 1.165) is 30.1 Å². The van der Waals surface area contributed by atoms with Crippen molar-refractivity contribution in [2.75, 3.05) is 7.05 Å². The Hall–Kier alpha value is -2.39. The Morgan fingerprint density at radius 1 is 0.905 bits per heavy atom. The van der Waals surface area contributed by atoms with Crippen LogP contribution in [0.4, 0.5) is 0 Å². The number of hydrogen-bond acceptors (Lipinski definition) is 3. The van der Waals surface area contributed by atoms with E-state index in [1.165, 1.54) is 5.56 Å². The van der Waals surface area contributed by atoms with Crippen LogP contribution in [0.25, 0.3) is 11.3 Å². The van der Waals surface area contributed by atoms with Crippen LogP contribution < -0.4 is 0 Å². The van der Waals surface area contributed by atoms with Gasteiger partial charge in [0.15, 0.2) is 5.76 Å². The van der Waals surface area contributed by atoms with Gasteiger partial charge in [0.25, 0.3) is 0 Å². The number of nitrogens with zero attached hydrogens (tertiary/aromatic N) is 2. The third kappa shape index (κ3) is 3.58. The summed E-state index contributed by atoms with van der Waals surface area (Å²) in [6, 6.07) is 22.5. The number of hydrogen-bond donors (Lipinski definition) is 0. The lowest BCUT2D eigenvalue weighted by Crippen LogP contribution is -2.16. The molecule has 3 aromatic rings. The minimum absolute atomic E-state index is 0.745. The fraction of sp³-hybridized carbons (Fsp3) is 0.167. The minimum atomic E-state index is 0.745. The van der Waals surface area contributed by atoms with Crippen molar-refractivity contribution < 1.29 is 4.52 Å². The molecule has 106 valence electrons. The molecule has 0 aliphatic rings. The molecule has 3 heteroatoms. The Labute approximate surface area is 124 Å². The SMILES string of the molecule is CN(Cc1ccccc1)Cc1cc(-c2ccccc2)no1. The number of aromatic nitrogens is 1. The summed E-state index contributed by atoms with van der Waals surface area (Å²) >= 11 is 0. The predicted molar refractivity (Wildman–Crippen MR) is 83.6 cm³/mol. The zero-order chi connectivity index (χ0) is 14.5. The Morgan fingerprint density at radius 3 is 2.29 bits per heavy atom. The number of benzene rings is 2. The molecule has 0 N–H and O–H groups in total. The smallest absolute Gasteiger partial charge is 0.151 e. The van der Waals surface area contributed by atoms with E-state index in [-0.39, 0.29) is 0 Å². The van der Waals surface area contributed by atoms with Gasteiger partial charge in [-0.3, -0.25) is 4.90 Å². The van der Waals surface area contributed by atoms with Crippen molar-refractivity contribution in [3.63, 3.8) is 0 Å². The van der Waals surface area contributed by atoms with E-state index in [9.17, 15) is 0 Å².